The fourth-order valence-electron chi connectivity index (χ4n) is 2.01. The molecule has 0 radical (unpaired) electrons. The van der Waals surface area contributed by atoms with Crippen molar-refractivity contribution in [2.45, 2.75) is 13.8 Å². The highest BCUT2D eigenvalue weighted by molar-refractivity contribution is 5.94. The third kappa shape index (κ3) is 2.40. The minimum Gasteiger partial charge on any atom is -0.441 e. The first kappa shape index (κ1) is 12.4. The van der Waals surface area contributed by atoms with Gasteiger partial charge in [0.15, 0.2) is 11.5 Å². The average Bonchev–Trinajstić information content (AvgIpc) is 2.77. The number of aryl methyl sites for hydroxylation is 2. The molecule has 1 aromatic heterocycles. The Morgan fingerprint density at radius 2 is 2.00 bits per heavy atom. The molecule has 0 atom stereocenters. The van der Waals surface area contributed by atoms with Gasteiger partial charge in [0, 0.05) is 6.92 Å². The molecule has 0 N–H and O–H groups in total. The Hall–Kier alpha value is -2.62. The summed E-state index contributed by atoms with van der Waals surface area (Å²) in [6.45, 7) is 3.71. The summed E-state index contributed by atoms with van der Waals surface area (Å²) in [7, 11) is 0. The first-order valence-corrected chi connectivity index (χ1v) is 6.28. The fourth-order valence-corrected chi connectivity index (χ4v) is 2.01. The number of aromatic nitrogens is 1. The second-order valence-corrected chi connectivity index (χ2v) is 4.62. The van der Waals surface area contributed by atoms with Crippen molar-refractivity contribution in [1.82, 2.24) is 4.98 Å². The lowest BCUT2D eigenvalue weighted by molar-refractivity contribution is 0.0735. The molecule has 0 saturated carbocycles. The van der Waals surface area contributed by atoms with Crippen LogP contribution in [0.3, 0.4) is 0 Å². The largest absolute Gasteiger partial charge is 0.441 e. The number of carbonyl (C=O) groups is 1. The Balaban J connectivity index is 1.88. The van der Waals surface area contributed by atoms with Crippen molar-refractivity contribution >= 4 is 17.1 Å². The second kappa shape index (κ2) is 4.81. The molecule has 0 aliphatic rings. The van der Waals surface area contributed by atoms with E-state index in [0.717, 1.165) is 5.56 Å². The number of hydrogen-bond donors (Lipinski definition) is 0. The summed E-state index contributed by atoms with van der Waals surface area (Å²) in [5.74, 6) is 0.703. The van der Waals surface area contributed by atoms with Crippen LogP contribution in [0.15, 0.2) is 46.9 Å². The van der Waals surface area contributed by atoms with Gasteiger partial charge >= 0.3 is 5.97 Å². The molecule has 0 amide bonds. The van der Waals surface area contributed by atoms with Crippen LogP contribution in [0.25, 0.3) is 11.1 Å². The van der Waals surface area contributed by atoms with Crippen LogP contribution in [0.2, 0.25) is 0 Å². The molecule has 4 nitrogen and oxygen atoms in total. The zero-order valence-electron chi connectivity index (χ0n) is 11.2. The maximum Gasteiger partial charge on any atom is 0.343 e. The smallest absolute Gasteiger partial charge is 0.343 e. The topological polar surface area (TPSA) is 52.3 Å². The van der Waals surface area contributed by atoms with E-state index >= 15 is 0 Å². The van der Waals surface area contributed by atoms with E-state index in [-0.39, 0.29) is 0 Å². The van der Waals surface area contributed by atoms with Crippen molar-refractivity contribution in [1.29, 1.82) is 0 Å². The summed E-state index contributed by atoms with van der Waals surface area (Å²) in [6.07, 6.45) is 0. The van der Waals surface area contributed by atoms with E-state index in [1.54, 1.807) is 31.2 Å². The van der Waals surface area contributed by atoms with E-state index in [9.17, 15) is 4.79 Å². The van der Waals surface area contributed by atoms with Crippen molar-refractivity contribution in [3.05, 3.63) is 59.5 Å². The fraction of sp³-hybridized carbons (Fsp3) is 0.125. The number of ether oxygens (including phenoxy) is 1. The Morgan fingerprint density at radius 1 is 1.15 bits per heavy atom. The number of nitrogens with zero attached hydrogens (tertiary/aromatic N) is 1. The molecule has 0 bridgehead atoms. The van der Waals surface area contributed by atoms with Crippen molar-refractivity contribution in [2.24, 2.45) is 0 Å². The summed E-state index contributed by atoms with van der Waals surface area (Å²) in [6, 6.07) is 12.4. The summed E-state index contributed by atoms with van der Waals surface area (Å²) in [5.41, 5.74) is 2.81. The van der Waals surface area contributed by atoms with Gasteiger partial charge in [-0.3, -0.25) is 0 Å². The van der Waals surface area contributed by atoms with E-state index in [4.69, 9.17) is 9.15 Å². The van der Waals surface area contributed by atoms with Gasteiger partial charge < -0.3 is 9.15 Å². The van der Waals surface area contributed by atoms with E-state index in [1.807, 2.05) is 25.1 Å². The van der Waals surface area contributed by atoms with E-state index in [0.29, 0.717) is 28.3 Å². The lowest BCUT2D eigenvalue weighted by atomic mass is 10.2. The number of carbonyl (C=O) groups excluding carboxylic acids is 1. The molecule has 4 heteroatoms. The number of esters is 1. The van der Waals surface area contributed by atoms with Crippen LogP contribution in [0, 0.1) is 13.8 Å². The van der Waals surface area contributed by atoms with Gasteiger partial charge in [-0.1, -0.05) is 12.1 Å². The van der Waals surface area contributed by atoms with Crippen LogP contribution in [-0.4, -0.2) is 11.0 Å². The number of hydrogen-bond acceptors (Lipinski definition) is 4. The minimum atomic E-state index is -0.404. The Labute approximate surface area is 116 Å². The molecule has 20 heavy (non-hydrogen) atoms. The molecule has 0 saturated heterocycles. The normalized spacial score (nSPS) is 10.7. The van der Waals surface area contributed by atoms with Gasteiger partial charge in [-0.2, -0.15) is 0 Å². The molecule has 0 aliphatic heterocycles. The predicted molar refractivity (Wildman–Crippen MR) is 74.9 cm³/mol. The zero-order chi connectivity index (χ0) is 14.1. The second-order valence-electron chi connectivity index (χ2n) is 4.62. The van der Waals surface area contributed by atoms with Crippen LogP contribution in [0.4, 0.5) is 0 Å². The molecular formula is C16H13NO3. The number of fused-ring (bicyclic) bond motifs is 1. The molecule has 1 heterocycles. The Morgan fingerprint density at radius 3 is 2.80 bits per heavy atom. The van der Waals surface area contributed by atoms with Gasteiger partial charge in [0.05, 0.1) is 5.56 Å². The highest BCUT2D eigenvalue weighted by Crippen LogP contribution is 2.19. The molecule has 0 aliphatic carbocycles. The van der Waals surface area contributed by atoms with Gasteiger partial charge in [0.1, 0.15) is 11.3 Å². The van der Waals surface area contributed by atoms with Gasteiger partial charge in [0.2, 0.25) is 0 Å². The van der Waals surface area contributed by atoms with Crippen LogP contribution < -0.4 is 4.74 Å². The molecule has 3 aromatic rings. The molecule has 2 aromatic carbocycles. The molecular weight excluding hydrogens is 254 g/mol. The zero-order valence-corrected chi connectivity index (χ0v) is 11.2. The van der Waals surface area contributed by atoms with Crippen LogP contribution in [0.5, 0.6) is 5.75 Å². The van der Waals surface area contributed by atoms with Crippen molar-refractivity contribution < 1.29 is 13.9 Å². The Bertz CT molecular complexity index is 789. The lowest BCUT2D eigenvalue weighted by Crippen LogP contribution is -2.08. The van der Waals surface area contributed by atoms with Gasteiger partial charge in [-0.25, -0.2) is 9.78 Å². The number of rotatable bonds is 2. The maximum atomic E-state index is 12.1. The van der Waals surface area contributed by atoms with E-state index in [2.05, 4.69) is 4.98 Å². The van der Waals surface area contributed by atoms with Crippen molar-refractivity contribution in [3.8, 4) is 5.75 Å². The highest BCUT2D eigenvalue weighted by Gasteiger charge is 2.11. The average molecular weight is 267 g/mol. The summed E-state index contributed by atoms with van der Waals surface area (Å²) in [4.78, 5) is 16.3. The molecule has 3 rings (SSSR count). The Kier molecular flexibility index (Phi) is 2.99. The van der Waals surface area contributed by atoms with Gasteiger partial charge in [-0.05, 0) is 42.8 Å². The monoisotopic (exact) mass is 267 g/mol. The predicted octanol–water partition coefficient (Wildman–Crippen LogP) is 3.66. The van der Waals surface area contributed by atoms with Crippen LogP contribution >= 0.6 is 0 Å². The first-order valence-electron chi connectivity index (χ1n) is 6.28. The molecule has 100 valence electrons. The van der Waals surface area contributed by atoms with E-state index < -0.39 is 5.97 Å². The third-order valence-electron chi connectivity index (χ3n) is 2.93. The summed E-state index contributed by atoms with van der Waals surface area (Å²) >= 11 is 0. The van der Waals surface area contributed by atoms with Crippen molar-refractivity contribution in [2.75, 3.05) is 0 Å². The summed E-state index contributed by atoms with van der Waals surface area (Å²) in [5, 5.41) is 0. The van der Waals surface area contributed by atoms with Crippen LogP contribution in [-0.2, 0) is 0 Å². The van der Waals surface area contributed by atoms with Crippen LogP contribution in [0.1, 0.15) is 21.8 Å². The minimum absolute atomic E-state index is 0.404. The molecule has 0 spiro atoms. The van der Waals surface area contributed by atoms with Gasteiger partial charge in [-0.15, -0.1) is 0 Å². The SMILES string of the molecule is Cc1cccc(OC(=O)c2ccc3oc(C)nc3c2)c1. The summed E-state index contributed by atoms with van der Waals surface area (Å²) < 4.78 is 10.7. The maximum absolute atomic E-state index is 12.1. The van der Waals surface area contributed by atoms with E-state index in [1.165, 1.54) is 0 Å². The molecule has 0 unspecified atom stereocenters. The quantitative estimate of drug-likeness (QED) is 0.525. The first-order chi connectivity index (χ1) is 9.61. The number of oxazole rings is 1. The number of benzene rings is 2. The van der Waals surface area contributed by atoms with Crippen molar-refractivity contribution in [3.63, 3.8) is 0 Å². The lowest BCUT2D eigenvalue weighted by Gasteiger charge is -2.04. The third-order valence-corrected chi connectivity index (χ3v) is 2.93. The van der Waals surface area contributed by atoms with Gasteiger partial charge in [0.25, 0.3) is 0 Å². The standard InChI is InChI=1S/C16H13NO3/c1-10-4-3-5-13(8-10)20-16(18)12-6-7-15-14(9-12)17-11(2)19-15/h3-9H,1-2H3. The highest BCUT2D eigenvalue weighted by atomic mass is 16.5. The molecule has 0 fully saturated rings.